The summed E-state index contributed by atoms with van der Waals surface area (Å²) in [7, 11) is 0. The third-order valence-electron chi connectivity index (χ3n) is 29.3. The first kappa shape index (κ1) is 89.9. The van der Waals surface area contributed by atoms with Crippen molar-refractivity contribution in [2.75, 3.05) is 19.8 Å². The van der Waals surface area contributed by atoms with Crippen molar-refractivity contribution in [3.63, 3.8) is 0 Å². The topological polar surface area (TPSA) is 270 Å². The molecule has 0 saturated heterocycles. The highest BCUT2D eigenvalue weighted by atomic mass is 16.6. The van der Waals surface area contributed by atoms with E-state index in [1.165, 1.54) is 28.9 Å². The quantitative estimate of drug-likeness (QED) is 0.0205. The molecule has 9 heterocycles. The zero-order valence-corrected chi connectivity index (χ0v) is 79.5. The second-order valence-corrected chi connectivity index (χ2v) is 39.2. The molecule has 24 rings (SSSR count). The molecule has 0 amide bonds. The number of carbonyl (C=O) groups excluding carboxylic acids is 3. The molecule has 0 fully saturated rings. The standard InChI is InChI=1S/2C40H33N3O5.C40H34N2O3/c1-23(2)10-9-19-40(3)30-22-47-33-18-16-26(43(45)46)21-29(33)34(30)35-37-36(27-13-7-8-14-28(27)39(35)48-40)42-32-20-25(15-17-31(32)41-37)38(44)24-11-5-4-6-12-24;1-23(2)10-9-19-40(3)30-22-47-33-18-16-26(43(45)46)21-29(33)34(30)35-37-36(27-13-7-8-14-28(27)39(35)48-40)41-31-17-15-25(20-32(31)42-37)38(44)24-11-5-4-6-12-24;1-24(2)12-11-21-40(3)30-23-44-33-18-10-9-17-29(33)34(30)35-37-36(27-15-7-8-16-28(27)39(35)45-40)41-31-20-19-26(22-32(31)42-37)38(43)25-13-5-4-6-14-25/h2*4-8,10-18,20-21,30,34H,9,19,22H2,1-3H3;4-10,12-20,22,30,34H,11,21,23H2,1-3H3/t3*30-,34+,40+/m000/s1. The van der Waals surface area contributed by atoms with Gasteiger partial charge in [-0.05, 0) is 174 Å². The van der Waals surface area contributed by atoms with Crippen LogP contribution in [0.25, 0.3) is 98.5 Å². The van der Waals surface area contributed by atoms with Gasteiger partial charge in [-0.1, -0.05) is 217 Å². The molecular weight excluding hydrogens is 1760 g/mol. The SMILES string of the molecule is CC(C)=CCC[C@@]1(C)Oc2c(c3nc4cc(C(=O)c5ccccc5)ccc4nc3c3ccccc23)[C@@H]2c3cc([N+](=O)[O-])ccc3OC[C@@H]21.CC(C)=CCC[C@@]1(C)Oc2c(c3nc4cc(C(=O)c5ccccc5)ccc4nc3c3ccccc23)[C@@H]2c3ccccc3OC[C@@H]21.CC(C)=CCC[C@@]1(C)Oc2c(c3nc4ccc(C(=O)c5ccccc5)cc4nc3c3ccccc23)[C@@H]2c3cc([N+](=O)[O-])ccc3OC[C@@H]21. The van der Waals surface area contributed by atoms with Gasteiger partial charge in [-0.2, -0.15) is 0 Å². The first-order chi connectivity index (χ1) is 68.3. The van der Waals surface area contributed by atoms with Crippen LogP contribution in [0.3, 0.4) is 0 Å². The largest absolute Gasteiger partial charge is 0.493 e. The predicted molar refractivity (Wildman–Crippen MR) is 551 cm³/mol. The van der Waals surface area contributed by atoms with E-state index >= 15 is 0 Å². The molecule has 3 aromatic heterocycles. The maximum absolute atomic E-state index is 13.4. The van der Waals surface area contributed by atoms with Gasteiger partial charge in [-0.15, -0.1) is 0 Å². The molecule has 0 saturated carbocycles. The Morgan fingerprint density at radius 3 is 0.915 bits per heavy atom. The van der Waals surface area contributed by atoms with Crippen LogP contribution in [0.2, 0.25) is 0 Å². The van der Waals surface area contributed by atoms with E-state index in [-0.39, 0.29) is 74.1 Å². The van der Waals surface area contributed by atoms with Gasteiger partial charge in [0.25, 0.3) is 11.4 Å². The molecule has 21 heteroatoms. The molecule has 18 aromatic rings. The Hall–Kier alpha value is -16.3. The van der Waals surface area contributed by atoms with Crippen LogP contribution in [0.5, 0.6) is 34.5 Å². The van der Waals surface area contributed by atoms with Crippen LogP contribution in [-0.4, -0.2) is 93.7 Å². The average molecular weight is 1860 g/mol. The van der Waals surface area contributed by atoms with Crippen LogP contribution in [0.4, 0.5) is 11.4 Å². The maximum Gasteiger partial charge on any atom is 0.269 e. The summed E-state index contributed by atoms with van der Waals surface area (Å²) < 4.78 is 40.6. The molecule has 21 nitrogen and oxygen atoms in total. The van der Waals surface area contributed by atoms with Gasteiger partial charge in [0.1, 0.15) is 51.3 Å². The summed E-state index contributed by atoms with van der Waals surface area (Å²) in [5.41, 5.74) is 19.3. The molecule has 0 spiro atoms. The molecule has 9 atom stereocenters. The number of hydrogen-bond donors (Lipinski definition) is 0. The number of non-ortho nitro benzene ring substituents is 2. The molecule has 6 aliphatic rings. The van der Waals surface area contributed by atoms with Crippen molar-refractivity contribution in [3.05, 3.63) is 401 Å². The van der Waals surface area contributed by atoms with Crippen molar-refractivity contribution in [2.45, 2.75) is 135 Å². The van der Waals surface area contributed by atoms with Crippen molar-refractivity contribution < 1.29 is 52.7 Å². The number of allylic oxidation sites excluding steroid dienone is 6. The molecule has 15 aromatic carbocycles. The predicted octanol–water partition coefficient (Wildman–Crippen LogP) is 27.4. The van der Waals surface area contributed by atoms with Gasteiger partial charge in [0.15, 0.2) is 17.3 Å². The van der Waals surface area contributed by atoms with E-state index in [2.05, 4.69) is 117 Å². The van der Waals surface area contributed by atoms with Gasteiger partial charge in [0.2, 0.25) is 0 Å². The van der Waals surface area contributed by atoms with Gasteiger partial charge in [0.05, 0.1) is 95.9 Å². The minimum atomic E-state index is -0.651. The second kappa shape index (κ2) is 35.9. The average Bonchev–Trinajstić information content (AvgIpc) is 0.697. The van der Waals surface area contributed by atoms with E-state index in [1.807, 2.05) is 158 Å². The van der Waals surface area contributed by atoms with Crippen molar-refractivity contribution in [1.82, 2.24) is 29.9 Å². The summed E-state index contributed by atoms with van der Waals surface area (Å²) in [4.78, 5) is 94.9. The zero-order valence-electron chi connectivity index (χ0n) is 79.5. The highest BCUT2D eigenvalue weighted by molar-refractivity contribution is 6.17. The number of carbonyl (C=O) groups is 3. The number of aromatic nitrogens is 6. The van der Waals surface area contributed by atoms with Crippen molar-refractivity contribution in [1.29, 1.82) is 0 Å². The minimum Gasteiger partial charge on any atom is -0.493 e. The lowest BCUT2D eigenvalue weighted by Crippen LogP contribution is -2.51. The Labute approximate surface area is 813 Å². The van der Waals surface area contributed by atoms with Crippen LogP contribution in [-0.2, 0) is 0 Å². The summed E-state index contributed by atoms with van der Waals surface area (Å²) >= 11 is 0. The number of ether oxygens (including phenoxy) is 6. The van der Waals surface area contributed by atoms with E-state index in [0.29, 0.717) is 120 Å². The lowest BCUT2D eigenvalue weighted by Gasteiger charge is -2.49. The smallest absolute Gasteiger partial charge is 0.269 e. The minimum absolute atomic E-state index is 0.00276. The molecule has 6 aliphatic heterocycles. The molecule has 0 aliphatic carbocycles. The highest BCUT2D eigenvalue weighted by Gasteiger charge is 2.56. The fourth-order valence-electron chi connectivity index (χ4n) is 22.2. The van der Waals surface area contributed by atoms with Crippen molar-refractivity contribution in [3.8, 4) is 34.5 Å². The Balaban J connectivity index is 0.000000121. The van der Waals surface area contributed by atoms with E-state index < -0.39 is 16.8 Å². The Bertz CT molecular complexity index is 8370. The number of rotatable bonds is 17. The zero-order chi connectivity index (χ0) is 97.0. The Kier molecular flexibility index (Phi) is 22.9. The Morgan fingerprint density at radius 1 is 0.312 bits per heavy atom. The fourth-order valence-corrected chi connectivity index (χ4v) is 22.2. The monoisotopic (exact) mass is 1860 g/mol. The number of ketones is 3. The van der Waals surface area contributed by atoms with Gasteiger partial charge >= 0.3 is 0 Å². The van der Waals surface area contributed by atoms with Crippen molar-refractivity contribution in [2.24, 2.45) is 17.8 Å². The molecular formula is C120H100N8O13. The molecule has 0 N–H and O–H groups in total. The third-order valence-corrected chi connectivity index (χ3v) is 29.3. The Morgan fingerprint density at radius 2 is 0.589 bits per heavy atom. The number of nitro benzene ring substituents is 2. The maximum atomic E-state index is 13.4. The summed E-state index contributed by atoms with van der Waals surface area (Å²) in [6, 6.07) is 86.7. The van der Waals surface area contributed by atoms with Crippen LogP contribution in [0, 0.1) is 38.0 Å². The van der Waals surface area contributed by atoms with Gasteiger partial charge in [-0.25, -0.2) is 29.9 Å². The first-order valence-corrected chi connectivity index (χ1v) is 48.1. The highest BCUT2D eigenvalue weighted by Crippen LogP contribution is 2.62. The number of nitro groups is 2. The third kappa shape index (κ3) is 16.1. The summed E-state index contributed by atoms with van der Waals surface area (Å²) in [5, 5.41) is 29.7. The molecule has 0 unspecified atom stereocenters. The van der Waals surface area contributed by atoms with Crippen LogP contribution in [0.15, 0.2) is 314 Å². The number of hydrogen-bond acceptors (Lipinski definition) is 19. The summed E-state index contributed by atoms with van der Waals surface area (Å²) in [5.74, 6) is 3.38. The summed E-state index contributed by atoms with van der Waals surface area (Å²) in [6.45, 7) is 20.5. The summed E-state index contributed by atoms with van der Waals surface area (Å²) in [6.07, 6.45) is 11.6. The molecule has 0 bridgehead atoms. The van der Waals surface area contributed by atoms with Crippen molar-refractivity contribution >= 4 is 127 Å². The molecule has 698 valence electrons. The normalized spacial score (nSPS) is 19.7. The van der Waals surface area contributed by atoms with Crippen LogP contribution in [0.1, 0.15) is 200 Å². The lowest BCUT2D eigenvalue weighted by molar-refractivity contribution is -0.385. The van der Waals surface area contributed by atoms with E-state index in [4.69, 9.17) is 58.3 Å². The number of para-hydroxylation sites is 1. The molecule has 141 heavy (non-hydrogen) atoms. The number of fused-ring (bicyclic) bond motifs is 33. The number of benzene rings is 15. The molecule has 0 radical (unpaired) electrons. The fraction of sp³-hybridized carbons (Fsp3) is 0.225. The van der Waals surface area contributed by atoms with Gasteiger partial charge in [-0.3, -0.25) is 34.6 Å². The van der Waals surface area contributed by atoms with E-state index in [0.717, 1.165) is 138 Å². The first-order valence-electron chi connectivity index (χ1n) is 48.1. The van der Waals surface area contributed by atoms with Gasteiger partial charge in [0, 0.05) is 159 Å². The van der Waals surface area contributed by atoms with Crippen LogP contribution < -0.4 is 28.4 Å². The van der Waals surface area contributed by atoms with Crippen LogP contribution >= 0.6 is 0 Å². The second-order valence-electron chi connectivity index (χ2n) is 39.2. The van der Waals surface area contributed by atoms with E-state index in [9.17, 15) is 34.6 Å². The number of nitrogens with zero attached hydrogens (tertiary/aromatic N) is 8. The van der Waals surface area contributed by atoms with Gasteiger partial charge < -0.3 is 28.4 Å². The van der Waals surface area contributed by atoms with E-state index in [1.54, 1.807) is 72.8 Å². The lowest BCUT2D eigenvalue weighted by atomic mass is 9.67.